The Bertz CT molecular complexity index is 602. The van der Waals surface area contributed by atoms with E-state index < -0.39 is 18.1 Å². The van der Waals surface area contributed by atoms with Crippen LogP contribution in [0.3, 0.4) is 0 Å². The molecule has 0 radical (unpaired) electrons. The van der Waals surface area contributed by atoms with Crippen molar-refractivity contribution in [1.82, 2.24) is 5.43 Å². The summed E-state index contributed by atoms with van der Waals surface area (Å²) < 4.78 is 92.8. The molecule has 24 heavy (non-hydrogen) atoms. The lowest BCUT2D eigenvalue weighted by molar-refractivity contribution is -0.361. The second-order valence-electron chi connectivity index (χ2n) is 4.87. The number of ether oxygens (including phenoxy) is 1. The van der Waals surface area contributed by atoms with Gasteiger partial charge >= 0.3 is 18.1 Å². The van der Waals surface area contributed by atoms with Crippen molar-refractivity contribution in [3.05, 3.63) is 28.2 Å². The predicted molar refractivity (Wildman–Crippen MR) is 76.6 cm³/mol. The first-order chi connectivity index (χ1) is 10.8. The number of nitrogens with zero attached hydrogens (tertiary/aromatic N) is 1. The Hall–Kier alpha value is -1.52. The molecule has 0 unspecified atom stereocenters. The van der Waals surface area contributed by atoms with Crippen molar-refractivity contribution >= 4 is 22.1 Å². The Morgan fingerprint density at radius 3 is 2.17 bits per heavy atom. The van der Waals surface area contributed by atoms with Gasteiger partial charge in [-0.15, -0.1) is 0 Å². The van der Waals surface area contributed by atoms with Crippen LogP contribution >= 0.6 is 15.9 Å². The van der Waals surface area contributed by atoms with Crippen LogP contribution in [-0.2, 0) is 0 Å². The van der Waals surface area contributed by atoms with Crippen LogP contribution < -0.4 is 10.2 Å². The first kappa shape index (κ1) is 20.5. The number of rotatable bonds is 6. The smallest absolute Gasteiger partial charge is 0.462 e. The van der Waals surface area contributed by atoms with Crippen LogP contribution in [-0.4, -0.2) is 30.5 Å². The van der Waals surface area contributed by atoms with E-state index in [0.29, 0.717) is 21.9 Å². The first-order valence-corrected chi connectivity index (χ1v) is 7.16. The molecule has 0 heterocycles. The SMILES string of the molecule is CC(C)Oc1ccc(/C=N\NC(F)(F)C(F)(F)C(F)(F)F)cc1Br. The molecule has 0 bridgehead atoms. The molecule has 1 aromatic rings. The molecule has 0 saturated carbocycles. The highest BCUT2D eigenvalue weighted by Gasteiger charge is 2.73. The van der Waals surface area contributed by atoms with Gasteiger partial charge in [0.25, 0.3) is 0 Å². The van der Waals surface area contributed by atoms with Gasteiger partial charge in [0.2, 0.25) is 0 Å². The van der Waals surface area contributed by atoms with Crippen LogP contribution in [0.15, 0.2) is 27.8 Å². The fourth-order valence-corrected chi connectivity index (χ4v) is 1.87. The summed E-state index contributed by atoms with van der Waals surface area (Å²) in [5, 5.41) is 2.76. The van der Waals surface area contributed by atoms with E-state index in [-0.39, 0.29) is 11.7 Å². The molecular weight excluding hydrogens is 413 g/mol. The molecule has 0 aliphatic rings. The number of benzene rings is 1. The number of halogens is 8. The highest BCUT2D eigenvalue weighted by atomic mass is 79.9. The molecule has 1 rings (SSSR count). The first-order valence-electron chi connectivity index (χ1n) is 6.36. The lowest BCUT2D eigenvalue weighted by atomic mass is 10.2. The molecule has 11 heteroatoms. The van der Waals surface area contributed by atoms with Crippen molar-refractivity contribution in [3.8, 4) is 5.75 Å². The largest absolute Gasteiger partial charge is 0.490 e. The average Bonchev–Trinajstić information content (AvgIpc) is 2.39. The minimum absolute atomic E-state index is 0.134. The highest BCUT2D eigenvalue weighted by molar-refractivity contribution is 9.10. The standard InChI is InChI=1S/C13H12BrF7N2O/c1-7(2)24-10-4-3-8(5-9(10)14)6-22-23-13(20,21)11(15,16)12(17,18)19/h3-7,23H,1-2H3/b22-6-. The van der Waals surface area contributed by atoms with Crippen molar-refractivity contribution in [2.24, 2.45) is 5.10 Å². The summed E-state index contributed by atoms with van der Waals surface area (Å²) in [5.41, 5.74) is 0.704. The zero-order valence-electron chi connectivity index (χ0n) is 12.3. The van der Waals surface area contributed by atoms with Crippen LogP contribution in [0, 0.1) is 0 Å². The number of hydrogen-bond donors (Lipinski definition) is 1. The maximum atomic E-state index is 13.0. The second-order valence-corrected chi connectivity index (χ2v) is 5.73. The van der Waals surface area contributed by atoms with E-state index in [0.717, 1.165) is 0 Å². The Balaban J connectivity index is 2.85. The van der Waals surface area contributed by atoms with E-state index in [1.807, 2.05) is 0 Å². The third-order valence-corrected chi connectivity index (χ3v) is 3.11. The summed E-state index contributed by atoms with van der Waals surface area (Å²) in [6.07, 6.45) is -5.88. The van der Waals surface area contributed by atoms with Gasteiger partial charge < -0.3 is 4.74 Å². The second kappa shape index (κ2) is 7.16. The molecule has 0 fully saturated rings. The fraction of sp³-hybridized carbons (Fsp3) is 0.462. The molecule has 0 aromatic heterocycles. The molecule has 136 valence electrons. The number of nitrogens with one attached hydrogen (secondary N) is 1. The molecule has 1 aromatic carbocycles. The average molecular weight is 425 g/mol. The van der Waals surface area contributed by atoms with Gasteiger partial charge in [0.05, 0.1) is 16.8 Å². The van der Waals surface area contributed by atoms with Crippen LogP contribution in [0.1, 0.15) is 19.4 Å². The number of hydrogen-bond acceptors (Lipinski definition) is 3. The van der Waals surface area contributed by atoms with Gasteiger partial charge in [0.15, 0.2) is 0 Å². The van der Waals surface area contributed by atoms with Crippen LogP contribution in [0.25, 0.3) is 0 Å². The summed E-state index contributed by atoms with van der Waals surface area (Å²) in [6.45, 7) is 3.54. The summed E-state index contributed by atoms with van der Waals surface area (Å²) in [7, 11) is 0. The number of alkyl halides is 7. The highest BCUT2D eigenvalue weighted by Crippen LogP contribution is 2.44. The lowest BCUT2D eigenvalue weighted by Gasteiger charge is -2.27. The van der Waals surface area contributed by atoms with E-state index in [2.05, 4.69) is 21.0 Å². The minimum Gasteiger partial charge on any atom is -0.490 e. The van der Waals surface area contributed by atoms with Crippen molar-refractivity contribution in [2.45, 2.75) is 38.1 Å². The Labute approximate surface area is 141 Å². The topological polar surface area (TPSA) is 33.6 Å². The zero-order chi connectivity index (χ0) is 18.8. The van der Waals surface area contributed by atoms with Crippen LogP contribution in [0.5, 0.6) is 5.75 Å². The molecule has 3 nitrogen and oxygen atoms in total. The van der Waals surface area contributed by atoms with Gasteiger partial charge in [-0.3, -0.25) is 0 Å². The van der Waals surface area contributed by atoms with E-state index in [9.17, 15) is 30.7 Å². The third kappa shape index (κ3) is 4.74. The van der Waals surface area contributed by atoms with E-state index in [1.165, 1.54) is 18.2 Å². The third-order valence-electron chi connectivity index (χ3n) is 2.49. The molecule has 0 aliphatic carbocycles. The zero-order valence-corrected chi connectivity index (χ0v) is 13.9. The maximum Gasteiger partial charge on any atom is 0.462 e. The summed E-state index contributed by atoms with van der Waals surface area (Å²) in [4.78, 5) is 0. The predicted octanol–water partition coefficient (Wildman–Crippen LogP) is 4.95. The molecular formula is C13H12BrF7N2O. The summed E-state index contributed by atoms with van der Waals surface area (Å²) in [6, 6.07) is -1.43. The number of hydrazone groups is 1. The van der Waals surface area contributed by atoms with Gasteiger partial charge in [-0.25, -0.2) is 5.43 Å². The summed E-state index contributed by atoms with van der Waals surface area (Å²) >= 11 is 3.14. The van der Waals surface area contributed by atoms with Gasteiger partial charge in [0, 0.05) is 0 Å². The molecule has 0 saturated heterocycles. The molecule has 0 spiro atoms. The Kier molecular flexibility index (Phi) is 6.12. The Morgan fingerprint density at radius 1 is 1.12 bits per heavy atom. The van der Waals surface area contributed by atoms with E-state index >= 15 is 0 Å². The van der Waals surface area contributed by atoms with Crippen molar-refractivity contribution in [3.63, 3.8) is 0 Å². The maximum absolute atomic E-state index is 13.0. The van der Waals surface area contributed by atoms with Gasteiger partial charge in [0.1, 0.15) is 5.75 Å². The van der Waals surface area contributed by atoms with Crippen molar-refractivity contribution in [2.75, 3.05) is 0 Å². The van der Waals surface area contributed by atoms with Gasteiger partial charge in [-0.1, -0.05) is 0 Å². The molecule has 0 aliphatic heterocycles. The quantitative estimate of drug-likeness (QED) is 0.303. The van der Waals surface area contributed by atoms with Crippen molar-refractivity contribution < 1.29 is 35.5 Å². The van der Waals surface area contributed by atoms with Gasteiger partial charge in [-0.2, -0.15) is 35.8 Å². The van der Waals surface area contributed by atoms with Gasteiger partial charge in [-0.05, 0) is 53.5 Å². The molecule has 0 amide bonds. The van der Waals surface area contributed by atoms with Crippen molar-refractivity contribution in [1.29, 1.82) is 0 Å². The van der Waals surface area contributed by atoms with E-state index in [4.69, 9.17) is 4.74 Å². The fourth-order valence-electron chi connectivity index (χ4n) is 1.38. The Morgan fingerprint density at radius 2 is 1.71 bits per heavy atom. The molecule has 0 atom stereocenters. The molecule has 1 N–H and O–H groups in total. The van der Waals surface area contributed by atoms with Crippen LogP contribution in [0.2, 0.25) is 0 Å². The monoisotopic (exact) mass is 424 g/mol. The summed E-state index contributed by atoms with van der Waals surface area (Å²) in [5.74, 6) is -5.84. The van der Waals surface area contributed by atoms with E-state index in [1.54, 1.807) is 13.8 Å². The normalized spacial score (nSPS) is 13.6. The minimum atomic E-state index is -6.42. The lowest BCUT2D eigenvalue weighted by Crippen LogP contribution is -2.58. The van der Waals surface area contributed by atoms with Crippen LogP contribution in [0.4, 0.5) is 30.7 Å².